The summed E-state index contributed by atoms with van der Waals surface area (Å²) in [7, 11) is 0. The molecule has 5 rings (SSSR count). The molecule has 1 unspecified atom stereocenters. The smallest absolute Gasteiger partial charge is 0.216 e. The molecule has 0 fully saturated rings. The van der Waals surface area contributed by atoms with Crippen LogP contribution in [0.2, 0.25) is 0 Å². The van der Waals surface area contributed by atoms with Crippen LogP contribution in [0, 0.1) is 0 Å². The molecule has 1 N–H and O–H groups in total. The van der Waals surface area contributed by atoms with E-state index in [2.05, 4.69) is 61.1 Å². The SMILES string of the molecule is CC1=CC2=C[n+]3ccccc3[C@H](O)C2(C)c2cc3cccc[n+]3cc21. The Balaban J connectivity index is 1.86. The summed E-state index contributed by atoms with van der Waals surface area (Å²) < 4.78 is 4.18. The molecule has 25 heavy (non-hydrogen) atoms. The van der Waals surface area contributed by atoms with Crippen molar-refractivity contribution in [1.29, 1.82) is 0 Å². The lowest BCUT2D eigenvalue weighted by Gasteiger charge is -2.39. The van der Waals surface area contributed by atoms with Crippen molar-refractivity contribution in [2.24, 2.45) is 0 Å². The Hall–Kier alpha value is -2.78. The van der Waals surface area contributed by atoms with Crippen LogP contribution in [0.4, 0.5) is 0 Å². The summed E-state index contributed by atoms with van der Waals surface area (Å²) in [6.45, 7) is 4.30. The second-order valence-electron chi connectivity index (χ2n) is 7.18. The molecule has 4 heterocycles. The number of nitrogens with zero attached hydrogens (tertiary/aromatic N) is 2. The number of aliphatic hydroxyl groups excluding tert-OH is 1. The van der Waals surface area contributed by atoms with Gasteiger partial charge in [-0.3, -0.25) is 0 Å². The van der Waals surface area contributed by atoms with E-state index in [0.717, 1.165) is 16.8 Å². The zero-order chi connectivity index (χ0) is 17.2. The third-order valence-electron chi connectivity index (χ3n) is 5.76. The van der Waals surface area contributed by atoms with E-state index in [-0.39, 0.29) is 0 Å². The van der Waals surface area contributed by atoms with Crippen LogP contribution < -0.4 is 8.97 Å². The molecule has 0 bridgehead atoms. The van der Waals surface area contributed by atoms with Gasteiger partial charge in [0.05, 0.1) is 5.41 Å². The third kappa shape index (κ3) is 1.84. The molecule has 2 aliphatic rings. The van der Waals surface area contributed by atoms with E-state index in [1.807, 2.05) is 35.0 Å². The van der Waals surface area contributed by atoms with E-state index in [9.17, 15) is 5.11 Å². The molecule has 1 aliphatic carbocycles. The largest absolute Gasteiger partial charge is 0.381 e. The van der Waals surface area contributed by atoms with Crippen molar-refractivity contribution in [3.05, 3.63) is 89.5 Å². The Morgan fingerprint density at radius 2 is 1.88 bits per heavy atom. The van der Waals surface area contributed by atoms with Gasteiger partial charge in [0.25, 0.3) is 0 Å². The summed E-state index contributed by atoms with van der Waals surface area (Å²) in [6, 6.07) is 14.4. The van der Waals surface area contributed by atoms with E-state index in [4.69, 9.17) is 0 Å². The van der Waals surface area contributed by atoms with E-state index < -0.39 is 11.5 Å². The quantitative estimate of drug-likeness (QED) is 0.632. The maximum absolute atomic E-state index is 11.3. The Labute approximate surface area is 146 Å². The van der Waals surface area contributed by atoms with Crippen LogP contribution in [0.5, 0.6) is 0 Å². The standard InChI is InChI=1S/C22H20N2O/c1-15-11-16-13-24-10-6-4-8-20(24)21(25)22(16,2)19-12-17-7-3-5-9-23(17)14-18(15)19/h3-14,21,25H,1-2H3/q+2/t21-,22?/m0/s1. The van der Waals surface area contributed by atoms with E-state index >= 15 is 0 Å². The fourth-order valence-electron chi connectivity index (χ4n) is 4.24. The van der Waals surface area contributed by atoms with Crippen LogP contribution in [0.1, 0.15) is 36.8 Å². The van der Waals surface area contributed by atoms with Crippen molar-refractivity contribution in [3.8, 4) is 0 Å². The second-order valence-corrected chi connectivity index (χ2v) is 7.18. The molecule has 0 aromatic carbocycles. The van der Waals surface area contributed by atoms with Gasteiger partial charge in [0, 0.05) is 41.5 Å². The zero-order valence-electron chi connectivity index (χ0n) is 14.3. The molecule has 1 aliphatic heterocycles. The highest BCUT2D eigenvalue weighted by Gasteiger charge is 2.50. The first kappa shape index (κ1) is 14.6. The lowest BCUT2D eigenvalue weighted by Crippen LogP contribution is -2.48. The average molecular weight is 328 g/mol. The highest BCUT2D eigenvalue weighted by molar-refractivity contribution is 5.78. The first-order chi connectivity index (χ1) is 12.1. The molecule has 0 amide bonds. The third-order valence-corrected chi connectivity index (χ3v) is 5.76. The molecule has 3 nitrogen and oxygen atoms in total. The predicted molar refractivity (Wildman–Crippen MR) is 96.5 cm³/mol. The number of hydrogen-bond donors (Lipinski definition) is 1. The van der Waals surface area contributed by atoms with Gasteiger partial charge in [-0.25, -0.2) is 0 Å². The summed E-state index contributed by atoms with van der Waals surface area (Å²) in [5.74, 6) is 0. The van der Waals surface area contributed by atoms with E-state index in [1.165, 1.54) is 16.7 Å². The number of aliphatic hydroxyl groups is 1. The maximum atomic E-state index is 11.3. The summed E-state index contributed by atoms with van der Waals surface area (Å²) in [5.41, 5.74) is 6.36. The molecule has 0 radical (unpaired) electrons. The Morgan fingerprint density at radius 1 is 1.08 bits per heavy atom. The van der Waals surface area contributed by atoms with E-state index in [1.54, 1.807) is 0 Å². The number of aromatic nitrogens is 2. The van der Waals surface area contributed by atoms with Gasteiger partial charge in [0.2, 0.25) is 11.2 Å². The topological polar surface area (TPSA) is 28.2 Å². The van der Waals surface area contributed by atoms with Crippen molar-refractivity contribution in [2.45, 2.75) is 25.4 Å². The van der Waals surface area contributed by atoms with Crippen molar-refractivity contribution in [3.63, 3.8) is 0 Å². The lowest BCUT2D eigenvalue weighted by molar-refractivity contribution is -0.587. The van der Waals surface area contributed by atoms with Gasteiger partial charge in [0.1, 0.15) is 0 Å². The first-order valence-electron chi connectivity index (χ1n) is 8.62. The number of fused-ring (bicyclic) bond motifs is 5. The molecule has 3 heteroatoms. The molecular weight excluding hydrogens is 308 g/mol. The molecule has 122 valence electrons. The molecule has 3 aromatic rings. The summed E-state index contributed by atoms with van der Waals surface area (Å²) in [6.07, 6.45) is 10.0. The second kappa shape index (κ2) is 4.87. The summed E-state index contributed by atoms with van der Waals surface area (Å²) >= 11 is 0. The number of allylic oxidation sites excluding steroid dienone is 2. The van der Waals surface area contributed by atoms with Crippen LogP contribution >= 0.6 is 0 Å². The Kier molecular flexibility index (Phi) is 2.83. The monoisotopic (exact) mass is 328 g/mol. The molecular formula is C22H20N2O+2. The zero-order valence-corrected chi connectivity index (χ0v) is 14.3. The van der Waals surface area contributed by atoms with Crippen LogP contribution in [-0.4, -0.2) is 5.11 Å². The van der Waals surface area contributed by atoms with Gasteiger partial charge in [-0.1, -0.05) is 0 Å². The molecule has 0 spiro atoms. The Bertz CT molecular complexity index is 1100. The summed E-state index contributed by atoms with van der Waals surface area (Å²) in [4.78, 5) is 0. The van der Waals surface area contributed by atoms with Crippen LogP contribution in [-0.2, 0) is 5.41 Å². The minimum atomic E-state index is -0.594. The fraction of sp³-hybridized carbons (Fsp3) is 0.182. The van der Waals surface area contributed by atoms with Gasteiger partial charge >= 0.3 is 0 Å². The van der Waals surface area contributed by atoms with Gasteiger partial charge < -0.3 is 5.11 Å². The maximum Gasteiger partial charge on any atom is 0.216 e. The molecule has 0 saturated heterocycles. The van der Waals surface area contributed by atoms with Gasteiger partial charge in [-0.15, -0.1) is 0 Å². The highest BCUT2D eigenvalue weighted by Crippen LogP contribution is 2.50. The van der Waals surface area contributed by atoms with Crippen molar-refractivity contribution >= 4 is 17.3 Å². The van der Waals surface area contributed by atoms with Crippen LogP contribution in [0.25, 0.3) is 17.3 Å². The van der Waals surface area contributed by atoms with Gasteiger partial charge in [-0.05, 0) is 43.2 Å². The minimum absolute atomic E-state index is 0.458. The average Bonchev–Trinajstić information content (AvgIpc) is 2.64. The van der Waals surface area contributed by atoms with Crippen molar-refractivity contribution < 1.29 is 14.1 Å². The van der Waals surface area contributed by atoms with Crippen molar-refractivity contribution in [2.75, 3.05) is 0 Å². The van der Waals surface area contributed by atoms with Crippen LogP contribution in [0.15, 0.2) is 72.7 Å². The normalized spacial score (nSPS) is 24.0. The van der Waals surface area contributed by atoms with Gasteiger partial charge in [-0.2, -0.15) is 8.97 Å². The lowest BCUT2D eigenvalue weighted by atomic mass is 9.64. The molecule has 3 aromatic heterocycles. The Morgan fingerprint density at radius 3 is 2.76 bits per heavy atom. The molecule has 2 atom stereocenters. The van der Waals surface area contributed by atoms with E-state index in [0.29, 0.717) is 0 Å². The number of rotatable bonds is 0. The highest BCUT2D eigenvalue weighted by atomic mass is 16.3. The first-order valence-corrected chi connectivity index (χ1v) is 8.62. The summed E-state index contributed by atoms with van der Waals surface area (Å²) in [5, 5.41) is 11.3. The fourth-order valence-corrected chi connectivity index (χ4v) is 4.24. The van der Waals surface area contributed by atoms with Crippen molar-refractivity contribution in [1.82, 2.24) is 0 Å². The minimum Gasteiger partial charge on any atom is -0.381 e. The predicted octanol–water partition coefficient (Wildman–Crippen LogP) is 2.98. The van der Waals surface area contributed by atoms with Crippen LogP contribution in [0.3, 0.4) is 0 Å². The number of pyridine rings is 3. The van der Waals surface area contributed by atoms with Gasteiger partial charge in [0.15, 0.2) is 30.9 Å². The molecule has 0 saturated carbocycles. The number of hydrogen-bond acceptors (Lipinski definition) is 1.